The van der Waals surface area contributed by atoms with Gasteiger partial charge in [-0.1, -0.05) is 24.3 Å². The van der Waals surface area contributed by atoms with Crippen LogP contribution in [-0.2, 0) is 9.53 Å². The number of nitro groups is 1. The molecule has 2 N–H and O–H groups in total. The van der Waals surface area contributed by atoms with Crippen LogP contribution in [0, 0.1) is 10.1 Å². The van der Waals surface area contributed by atoms with Crippen LogP contribution in [0.5, 0.6) is 5.75 Å². The van der Waals surface area contributed by atoms with Gasteiger partial charge >= 0.3 is 5.97 Å². The molecule has 3 rings (SSSR count). The van der Waals surface area contributed by atoms with Crippen molar-refractivity contribution >= 4 is 34.7 Å². The molecule has 0 heterocycles. The molecule has 0 unspecified atom stereocenters. The summed E-state index contributed by atoms with van der Waals surface area (Å²) in [4.78, 5) is 48.6. The Labute approximate surface area is 194 Å². The van der Waals surface area contributed by atoms with Crippen LogP contribution in [0.4, 0.5) is 17.1 Å². The number of hydrogen-bond acceptors (Lipinski definition) is 8. The highest BCUT2D eigenvalue weighted by molar-refractivity contribution is 6.15. The number of esters is 1. The Morgan fingerprint density at radius 3 is 2.38 bits per heavy atom. The van der Waals surface area contributed by atoms with E-state index in [1.54, 1.807) is 30.3 Å². The molecule has 3 aromatic rings. The molecule has 10 heteroatoms. The van der Waals surface area contributed by atoms with Crippen molar-refractivity contribution in [1.29, 1.82) is 0 Å². The number of carbonyl (C=O) groups excluding carboxylic acids is 3. The van der Waals surface area contributed by atoms with Crippen LogP contribution in [0.1, 0.15) is 26.3 Å². The molecule has 0 saturated carbocycles. The third kappa shape index (κ3) is 5.54. The number of nitro benzene ring substituents is 1. The fraction of sp³-hybridized carbons (Fsp3) is 0.125. The third-order valence-corrected chi connectivity index (χ3v) is 4.81. The zero-order valence-corrected chi connectivity index (χ0v) is 18.4. The van der Waals surface area contributed by atoms with Gasteiger partial charge in [0.25, 0.3) is 11.6 Å². The van der Waals surface area contributed by atoms with E-state index in [0.29, 0.717) is 11.4 Å². The van der Waals surface area contributed by atoms with E-state index in [1.165, 1.54) is 44.5 Å². The molecule has 0 aliphatic heterocycles. The minimum Gasteiger partial charge on any atom is -0.497 e. The van der Waals surface area contributed by atoms with Gasteiger partial charge in [0, 0.05) is 36.0 Å². The van der Waals surface area contributed by atoms with Gasteiger partial charge in [0.05, 0.1) is 17.6 Å². The highest BCUT2D eigenvalue weighted by atomic mass is 16.6. The average Bonchev–Trinajstić information content (AvgIpc) is 2.86. The minimum absolute atomic E-state index is 0.00721. The predicted octanol–water partition coefficient (Wildman–Crippen LogP) is 3.67. The Hall–Kier alpha value is -4.73. The zero-order chi connectivity index (χ0) is 24.7. The molecular weight excluding hydrogens is 442 g/mol. The molecule has 0 bridgehead atoms. The summed E-state index contributed by atoms with van der Waals surface area (Å²) < 4.78 is 10.2. The van der Waals surface area contributed by atoms with Gasteiger partial charge in [-0.05, 0) is 30.3 Å². The number of benzene rings is 3. The van der Waals surface area contributed by atoms with Crippen LogP contribution in [-0.4, -0.2) is 43.3 Å². The van der Waals surface area contributed by atoms with E-state index in [-0.39, 0.29) is 28.1 Å². The molecule has 0 spiro atoms. The highest BCUT2D eigenvalue weighted by Crippen LogP contribution is 2.27. The zero-order valence-electron chi connectivity index (χ0n) is 18.4. The van der Waals surface area contributed by atoms with E-state index in [1.807, 2.05) is 0 Å². The molecule has 3 aromatic carbocycles. The lowest BCUT2D eigenvalue weighted by atomic mass is 9.97. The number of carbonyl (C=O) groups is 3. The van der Waals surface area contributed by atoms with Crippen LogP contribution in [0.2, 0.25) is 0 Å². The third-order valence-electron chi connectivity index (χ3n) is 4.81. The molecule has 0 aromatic heterocycles. The number of nitrogens with one attached hydrogen (secondary N) is 2. The van der Waals surface area contributed by atoms with E-state index in [4.69, 9.17) is 9.47 Å². The SMILES string of the molecule is CNc1ccc(C(=O)c2ccccc2C(=O)OCC(=O)Nc2cccc(OC)c2)cc1[N+](=O)[O-]. The first-order chi connectivity index (χ1) is 16.3. The second-order valence-corrected chi connectivity index (χ2v) is 6.97. The molecule has 0 radical (unpaired) electrons. The second kappa shape index (κ2) is 10.7. The summed E-state index contributed by atoms with van der Waals surface area (Å²) in [5.74, 6) is -1.51. The first-order valence-corrected chi connectivity index (χ1v) is 10.0. The lowest BCUT2D eigenvalue weighted by Gasteiger charge is -2.10. The number of anilines is 2. The molecule has 0 aliphatic rings. The van der Waals surface area contributed by atoms with Crippen molar-refractivity contribution in [3.63, 3.8) is 0 Å². The molecule has 0 fully saturated rings. The normalized spacial score (nSPS) is 10.2. The van der Waals surface area contributed by atoms with Gasteiger partial charge in [0.1, 0.15) is 11.4 Å². The number of nitrogens with zero attached hydrogens (tertiary/aromatic N) is 1. The molecule has 0 saturated heterocycles. The maximum Gasteiger partial charge on any atom is 0.339 e. The lowest BCUT2D eigenvalue weighted by molar-refractivity contribution is -0.384. The van der Waals surface area contributed by atoms with E-state index < -0.39 is 29.2 Å². The van der Waals surface area contributed by atoms with Crippen molar-refractivity contribution in [1.82, 2.24) is 0 Å². The summed E-state index contributed by atoms with van der Waals surface area (Å²) in [7, 11) is 3.02. The molecule has 0 atom stereocenters. The van der Waals surface area contributed by atoms with Crippen LogP contribution in [0.3, 0.4) is 0 Å². The number of methoxy groups -OCH3 is 1. The standard InChI is InChI=1S/C24H21N3O7/c1-25-20-11-10-15(12-21(20)27(31)32)23(29)18-8-3-4-9-19(18)24(30)34-14-22(28)26-16-6-5-7-17(13-16)33-2/h3-13,25H,14H2,1-2H3,(H,26,28). The molecule has 10 nitrogen and oxygen atoms in total. The van der Waals surface area contributed by atoms with Crippen LogP contribution < -0.4 is 15.4 Å². The largest absolute Gasteiger partial charge is 0.497 e. The predicted molar refractivity (Wildman–Crippen MR) is 124 cm³/mol. The van der Waals surface area contributed by atoms with Crippen molar-refractivity contribution in [2.24, 2.45) is 0 Å². The topological polar surface area (TPSA) is 137 Å². The minimum atomic E-state index is -0.883. The van der Waals surface area contributed by atoms with Crippen molar-refractivity contribution in [2.75, 3.05) is 31.4 Å². The van der Waals surface area contributed by atoms with Crippen LogP contribution in [0.25, 0.3) is 0 Å². The Morgan fingerprint density at radius 1 is 0.971 bits per heavy atom. The summed E-state index contributed by atoms with van der Waals surface area (Å²) in [5, 5.41) is 16.6. The van der Waals surface area contributed by atoms with Crippen molar-refractivity contribution in [2.45, 2.75) is 0 Å². The average molecular weight is 463 g/mol. The van der Waals surface area contributed by atoms with Gasteiger partial charge in [0.15, 0.2) is 12.4 Å². The molecular formula is C24H21N3O7. The smallest absolute Gasteiger partial charge is 0.339 e. The van der Waals surface area contributed by atoms with Gasteiger partial charge in [-0.25, -0.2) is 4.79 Å². The van der Waals surface area contributed by atoms with E-state index in [9.17, 15) is 24.5 Å². The van der Waals surface area contributed by atoms with E-state index >= 15 is 0 Å². The summed E-state index contributed by atoms with van der Waals surface area (Å²) in [6, 6.07) is 16.5. The summed E-state index contributed by atoms with van der Waals surface area (Å²) in [5.41, 5.74) is 0.387. The molecule has 1 amide bonds. The summed E-state index contributed by atoms with van der Waals surface area (Å²) >= 11 is 0. The number of hydrogen-bond donors (Lipinski definition) is 2. The van der Waals surface area contributed by atoms with Gasteiger partial charge in [-0.3, -0.25) is 19.7 Å². The van der Waals surface area contributed by atoms with Crippen LogP contribution >= 0.6 is 0 Å². The Balaban J connectivity index is 1.75. The number of ketones is 1. The highest BCUT2D eigenvalue weighted by Gasteiger charge is 2.23. The molecule has 34 heavy (non-hydrogen) atoms. The fourth-order valence-electron chi connectivity index (χ4n) is 3.16. The van der Waals surface area contributed by atoms with Crippen molar-refractivity contribution in [3.8, 4) is 5.75 Å². The first-order valence-electron chi connectivity index (χ1n) is 10.0. The Kier molecular flexibility index (Phi) is 7.55. The van der Waals surface area contributed by atoms with Gasteiger partial charge in [-0.15, -0.1) is 0 Å². The second-order valence-electron chi connectivity index (χ2n) is 6.97. The summed E-state index contributed by atoms with van der Waals surface area (Å²) in [6.45, 7) is -0.582. The Bertz CT molecular complexity index is 1260. The monoisotopic (exact) mass is 463 g/mol. The fourth-order valence-corrected chi connectivity index (χ4v) is 3.16. The van der Waals surface area contributed by atoms with Gasteiger partial charge in [-0.2, -0.15) is 0 Å². The molecule has 0 aliphatic carbocycles. The number of rotatable bonds is 9. The number of amides is 1. The van der Waals surface area contributed by atoms with Crippen molar-refractivity contribution < 1.29 is 28.8 Å². The number of ether oxygens (including phenoxy) is 2. The van der Waals surface area contributed by atoms with Crippen molar-refractivity contribution in [3.05, 3.63) is 93.5 Å². The maximum atomic E-state index is 13.0. The molecule has 174 valence electrons. The van der Waals surface area contributed by atoms with Gasteiger partial charge < -0.3 is 20.1 Å². The quantitative estimate of drug-likeness (QED) is 0.212. The maximum absolute atomic E-state index is 13.0. The first kappa shape index (κ1) is 23.9. The summed E-state index contributed by atoms with van der Waals surface area (Å²) in [6.07, 6.45) is 0. The van der Waals surface area contributed by atoms with Gasteiger partial charge in [0.2, 0.25) is 0 Å². The Morgan fingerprint density at radius 2 is 1.71 bits per heavy atom. The van der Waals surface area contributed by atoms with E-state index in [2.05, 4.69) is 10.6 Å². The van der Waals surface area contributed by atoms with E-state index in [0.717, 1.165) is 6.07 Å². The van der Waals surface area contributed by atoms with Crippen LogP contribution in [0.15, 0.2) is 66.7 Å². The lowest BCUT2D eigenvalue weighted by Crippen LogP contribution is -2.22.